The molecule has 1 aliphatic heterocycles. The molecule has 3 heterocycles. The maximum Gasteiger partial charge on any atom is 0.433 e. The molecule has 0 fully saturated rings. The Balaban J connectivity index is 1.61. The van der Waals surface area contributed by atoms with Gasteiger partial charge in [-0.3, -0.25) is 9.78 Å². The van der Waals surface area contributed by atoms with Crippen LogP contribution in [0.5, 0.6) is 0 Å². The van der Waals surface area contributed by atoms with Gasteiger partial charge in [-0.05, 0) is 30.3 Å². The number of benzene rings is 1. The average molecular weight is 424 g/mol. The van der Waals surface area contributed by atoms with E-state index < -0.39 is 11.9 Å². The van der Waals surface area contributed by atoms with Crippen LogP contribution in [0.3, 0.4) is 0 Å². The van der Waals surface area contributed by atoms with Gasteiger partial charge in [-0.2, -0.15) is 13.2 Å². The Morgan fingerprint density at radius 2 is 2.04 bits per heavy atom. The van der Waals surface area contributed by atoms with Crippen molar-refractivity contribution in [2.45, 2.75) is 19.1 Å². The van der Waals surface area contributed by atoms with Crippen molar-refractivity contribution in [3.63, 3.8) is 0 Å². The van der Waals surface area contributed by atoms with Crippen LogP contribution in [0.2, 0.25) is 0 Å². The third-order valence-electron chi connectivity index (χ3n) is 4.53. The van der Waals surface area contributed by atoms with Gasteiger partial charge < -0.3 is 9.88 Å². The number of aromatic amines is 1. The lowest BCUT2D eigenvalue weighted by molar-refractivity contribution is -0.141. The van der Waals surface area contributed by atoms with Crippen molar-refractivity contribution in [1.29, 1.82) is 0 Å². The molecule has 8 heteroatoms. The molecule has 4 rings (SSSR count). The van der Waals surface area contributed by atoms with E-state index in [0.717, 1.165) is 38.9 Å². The highest BCUT2D eigenvalue weighted by atomic mass is 79.9. The number of rotatable bonds is 1. The van der Waals surface area contributed by atoms with Gasteiger partial charge in [-0.25, -0.2) is 0 Å². The van der Waals surface area contributed by atoms with Crippen molar-refractivity contribution >= 4 is 32.7 Å². The molecule has 4 nitrogen and oxygen atoms in total. The summed E-state index contributed by atoms with van der Waals surface area (Å²) in [4.78, 5) is 21.1. The number of pyridine rings is 1. The van der Waals surface area contributed by atoms with E-state index in [4.69, 9.17) is 0 Å². The minimum absolute atomic E-state index is 0.155. The highest BCUT2D eigenvalue weighted by molar-refractivity contribution is 9.10. The van der Waals surface area contributed by atoms with Gasteiger partial charge in [0, 0.05) is 52.3 Å². The van der Waals surface area contributed by atoms with Crippen molar-refractivity contribution in [3.8, 4) is 0 Å². The number of nitrogens with zero attached hydrogens (tertiary/aromatic N) is 2. The molecule has 1 aromatic carbocycles. The third-order valence-corrected chi connectivity index (χ3v) is 5.02. The van der Waals surface area contributed by atoms with Gasteiger partial charge in [-0.15, -0.1) is 0 Å². The highest BCUT2D eigenvalue weighted by Gasteiger charge is 2.32. The van der Waals surface area contributed by atoms with Crippen LogP contribution in [-0.4, -0.2) is 27.3 Å². The number of fused-ring (bicyclic) bond motifs is 3. The molecule has 26 heavy (non-hydrogen) atoms. The van der Waals surface area contributed by atoms with Gasteiger partial charge in [0.15, 0.2) is 0 Å². The SMILES string of the molecule is O=C(c1ccc(C(F)(F)F)nc1)N1CCc2[nH]c3ccc(Br)cc3c2C1. The number of halogens is 4. The number of carbonyl (C=O) groups excluding carboxylic acids is 1. The molecule has 0 saturated heterocycles. The molecule has 1 N–H and O–H groups in total. The monoisotopic (exact) mass is 423 g/mol. The zero-order valence-electron chi connectivity index (χ0n) is 13.4. The number of aromatic nitrogens is 2. The van der Waals surface area contributed by atoms with Crippen molar-refractivity contribution in [3.05, 3.63) is 63.5 Å². The van der Waals surface area contributed by atoms with Crippen LogP contribution in [0.4, 0.5) is 13.2 Å². The molecule has 0 radical (unpaired) electrons. The molecule has 0 unspecified atom stereocenters. The summed E-state index contributed by atoms with van der Waals surface area (Å²) in [5, 5.41) is 1.04. The van der Waals surface area contributed by atoms with Gasteiger partial charge >= 0.3 is 6.18 Å². The summed E-state index contributed by atoms with van der Waals surface area (Å²) in [6.45, 7) is 0.909. The molecule has 3 aromatic rings. The lowest BCUT2D eigenvalue weighted by Gasteiger charge is -2.27. The van der Waals surface area contributed by atoms with E-state index in [9.17, 15) is 18.0 Å². The second kappa shape index (κ2) is 6.12. The Labute approximate surface area is 155 Å². The Hall–Kier alpha value is -2.35. The van der Waals surface area contributed by atoms with Crippen LogP contribution in [0.25, 0.3) is 10.9 Å². The topological polar surface area (TPSA) is 49.0 Å². The van der Waals surface area contributed by atoms with Crippen molar-refractivity contribution in [2.24, 2.45) is 0 Å². The molecule has 0 aliphatic carbocycles. The second-order valence-electron chi connectivity index (χ2n) is 6.18. The van der Waals surface area contributed by atoms with Crippen LogP contribution in [0.15, 0.2) is 41.0 Å². The van der Waals surface area contributed by atoms with Gasteiger partial charge in [0.05, 0.1) is 5.56 Å². The van der Waals surface area contributed by atoms with Gasteiger partial charge in [0.2, 0.25) is 0 Å². The molecule has 0 bridgehead atoms. The predicted octanol–water partition coefficient (Wildman–Crippen LogP) is 4.54. The Morgan fingerprint density at radius 1 is 1.23 bits per heavy atom. The van der Waals surface area contributed by atoms with E-state index in [0.29, 0.717) is 19.5 Å². The molecular formula is C18H13BrF3N3O. The minimum atomic E-state index is -4.51. The lowest BCUT2D eigenvalue weighted by atomic mass is 10.0. The first-order valence-electron chi connectivity index (χ1n) is 7.94. The first kappa shape index (κ1) is 17.1. The van der Waals surface area contributed by atoms with Crippen LogP contribution in [-0.2, 0) is 19.1 Å². The van der Waals surface area contributed by atoms with E-state index in [2.05, 4.69) is 25.9 Å². The van der Waals surface area contributed by atoms with E-state index >= 15 is 0 Å². The standard InChI is InChI=1S/C18H13BrF3N3O/c19-11-2-3-14-12(7-11)13-9-25(6-5-15(13)24-14)17(26)10-1-4-16(23-8-10)18(20,21)22/h1-4,7-8,24H,5-6,9H2. The quantitative estimate of drug-likeness (QED) is 0.624. The first-order valence-corrected chi connectivity index (χ1v) is 8.74. The smallest absolute Gasteiger partial charge is 0.358 e. The van der Waals surface area contributed by atoms with Gasteiger partial charge in [-0.1, -0.05) is 15.9 Å². The van der Waals surface area contributed by atoms with E-state index in [1.165, 1.54) is 6.07 Å². The molecule has 1 aliphatic rings. The largest absolute Gasteiger partial charge is 0.433 e. The Bertz CT molecular complexity index is 995. The maximum atomic E-state index is 12.7. The summed E-state index contributed by atoms with van der Waals surface area (Å²) in [5.74, 6) is -0.318. The summed E-state index contributed by atoms with van der Waals surface area (Å²) >= 11 is 3.45. The average Bonchev–Trinajstić information content (AvgIpc) is 2.97. The fourth-order valence-corrected chi connectivity index (χ4v) is 3.59. The van der Waals surface area contributed by atoms with Gasteiger partial charge in [0.1, 0.15) is 5.69 Å². The summed E-state index contributed by atoms with van der Waals surface area (Å²) in [7, 11) is 0. The number of hydrogen-bond donors (Lipinski definition) is 1. The van der Waals surface area contributed by atoms with E-state index in [1.807, 2.05) is 18.2 Å². The van der Waals surface area contributed by atoms with Crippen LogP contribution in [0, 0.1) is 0 Å². The zero-order valence-corrected chi connectivity index (χ0v) is 15.0. The Morgan fingerprint density at radius 3 is 2.73 bits per heavy atom. The van der Waals surface area contributed by atoms with E-state index in [-0.39, 0.29) is 11.5 Å². The number of alkyl halides is 3. The molecular weight excluding hydrogens is 411 g/mol. The highest BCUT2D eigenvalue weighted by Crippen LogP contribution is 2.31. The van der Waals surface area contributed by atoms with Crippen LogP contribution < -0.4 is 0 Å². The molecule has 134 valence electrons. The molecule has 0 spiro atoms. The van der Waals surface area contributed by atoms with Crippen LogP contribution in [0.1, 0.15) is 27.3 Å². The van der Waals surface area contributed by atoms with Crippen molar-refractivity contribution in [2.75, 3.05) is 6.54 Å². The molecule has 1 amide bonds. The van der Waals surface area contributed by atoms with Crippen molar-refractivity contribution < 1.29 is 18.0 Å². The fourth-order valence-electron chi connectivity index (χ4n) is 3.23. The van der Waals surface area contributed by atoms with Gasteiger partial charge in [0.25, 0.3) is 5.91 Å². The number of hydrogen-bond acceptors (Lipinski definition) is 2. The van der Waals surface area contributed by atoms with E-state index in [1.54, 1.807) is 4.90 Å². The van der Waals surface area contributed by atoms with Crippen molar-refractivity contribution in [1.82, 2.24) is 14.9 Å². The number of amides is 1. The maximum absolute atomic E-state index is 12.7. The molecule has 0 atom stereocenters. The third kappa shape index (κ3) is 2.98. The number of carbonyl (C=O) groups is 1. The fraction of sp³-hybridized carbons (Fsp3) is 0.222. The summed E-state index contributed by atoms with van der Waals surface area (Å²) in [6.07, 6.45) is -2.85. The molecule has 0 saturated carbocycles. The number of H-pyrrole nitrogens is 1. The zero-order chi connectivity index (χ0) is 18.5. The first-order chi connectivity index (χ1) is 12.3. The minimum Gasteiger partial charge on any atom is -0.358 e. The second-order valence-corrected chi connectivity index (χ2v) is 7.09. The summed E-state index contributed by atoms with van der Waals surface area (Å²) in [6, 6.07) is 7.94. The molecule has 2 aromatic heterocycles. The summed E-state index contributed by atoms with van der Waals surface area (Å²) in [5.41, 5.74) is 2.29. The normalized spacial score (nSPS) is 14.5. The predicted molar refractivity (Wildman–Crippen MR) is 93.7 cm³/mol. The lowest BCUT2D eigenvalue weighted by Crippen LogP contribution is -2.35. The van der Waals surface area contributed by atoms with Crippen LogP contribution >= 0.6 is 15.9 Å². The number of nitrogens with one attached hydrogen (secondary N) is 1. The summed E-state index contributed by atoms with van der Waals surface area (Å²) < 4.78 is 38.8. The Kier molecular flexibility index (Phi) is 4.02.